The molecule has 7 heteroatoms. The summed E-state index contributed by atoms with van der Waals surface area (Å²) < 4.78 is 0. The molecule has 0 aliphatic carbocycles. The summed E-state index contributed by atoms with van der Waals surface area (Å²) in [6.45, 7) is 7.91. The van der Waals surface area contributed by atoms with Gasteiger partial charge in [0.25, 0.3) is 0 Å². The molecule has 6 nitrogen and oxygen atoms in total. The highest BCUT2D eigenvalue weighted by molar-refractivity contribution is 7.15. The fourth-order valence-corrected chi connectivity index (χ4v) is 2.61. The standard InChI is InChI=1S/C11H18N4O2S/c1-6-7(16)15(10(17)14(6)5)9-13-12-8(18-9)11(2,3)4/h6-7,16H,1-5H3/t6-,7+/m0/s1. The van der Waals surface area contributed by atoms with E-state index in [-0.39, 0.29) is 17.5 Å². The molecular weight excluding hydrogens is 252 g/mol. The van der Waals surface area contributed by atoms with E-state index in [2.05, 4.69) is 10.2 Å². The molecule has 1 aromatic rings. The molecule has 2 rings (SSSR count). The van der Waals surface area contributed by atoms with E-state index in [0.717, 1.165) is 5.01 Å². The van der Waals surface area contributed by atoms with Crippen molar-refractivity contribution in [1.82, 2.24) is 15.1 Å². The van der Waals surface area contributed by atoms with Gasteiger partial charge in [-0.05, 0) is 6.92 Å². The van der Waals surface area contributed by atoms with Crippen LogP contribution in [0, 0.1) is 0 Å². The fraction of sp³-hybridized carbons (Fsp3) is 0.727. The van der Waals surface area contributed by atoms with Gasteiger partial charge in [-0.15, -0.1) is 10.2 Å². The van der Waals surface area contributed by atoms with E-state index in [1.165, 1.54) is 21.1 Å². The highest BCUT2D eigenvalue weighted by Crippen LogP contribution is 2.33. The maximum absolute atomic E-state index is 12.0. The van der Waals surface area contributed by atoms with Crippen molar-refractivity contribution >= 4 is 22.5 Å². The molecule has 2 atom stereocenters. The van der Waals surface area contributed by atoms with Crippen molar-refractivity contribution in [3.8, 4) is 0 Å². The number of urea groups is 1. The van der Waals surface area contributed by atoms with Crippen LogP contribution in [0.5, 0.6) is 0 Å². The Bertz CT molecular complexity index is 468. The monoisotopic (exact) mass is 270 g/mol. The third kappa shape index (κ3) is 1.97. The zero-order valence-electron chi connectivity index (χ0n) is 11.2. The lowest BCUT2D eigenvalue weighted by atomic mass is 9.98. The fourth-order valence-electron chi connectivity index (χ4n) is 1.68. The van der Waals surface area contributed by atoms with Crippen LogP contribution in [0.25, 0.3) is 0 Å². The van der Waals surface area contributed by atoms with Gasteiger partial charge in [0, 0.05) is 12.5 Å². The lowest BCUT2D eigenvalue weighted by Crippen LogP contribution is -2.35. The molecule has 1 N–H and O–H groups in total. The number of aliphatic hydroxyl groups is 1. The van der Waals surface area contributed by atoms with Crippen LogP contribution in [-0.2, 0) is 5.41 Å². The molecule has 2 heterocycles. The van der Waals surface area contributed by atoms with Crippen LogP contribution in [0.4, 0.5) is 9.93 Å². The average molecular weight is 270 g/mol. The van der Waals surface area contributed by atoms with Crippen LogP contribution < -0.4 is 4.90 Å². The minimum Gasteiger partial charge on any atom is -0.371 e. The van der Waals surface area contributed by atoms with Gasteiger partial charge in [-0.3, -0.25) is 0 Å². The van der Waals surface area contributed by atoms with Crippen LogP contribution in [-0.4, -0.2) is 45.6 Å². The van der Waals surface area contributed by atoms with Crippen LogP contribution in [0.3, 0.4) is 0 Å². The molecule has 100 valence electrons. The smallest absolute Gasteiger partial charge is 0.328 e. The number of likely N-dealkylation sites (N-methyl/N-ethyl adjacent to an activating group) is 1. The van der Waals surface area contributed by atoms with Crippen LogP contribution in [0.2, 0.25) is 0 Å². The second kappa shape index (κ2) is 4.17. The van der Waals surface area contributed by atoms with Crippen molar-refractivity contribution in [2.24, 2.45) is 0 Å². The van der Waals surface area contributed by atoms with Gasteiger partial charge in [0.2, 0.25) is 5.13 Å². The molecule has 0 aromatic carbocycles. The first-order chi connectivity index (χ1) is 8.23. The maximum atomic E-state index is 12.0. The normalized spacial score (nSPS) is 25.1. The van der Waals surface area contributed by atoms with Gasteiger partial charge in [-0.1, -0.05) is 32.1 Å². The summed E-state index contributed by atoms with van der Waals surface area (Å²) in [6.07, 6.45) is -0.872. The molecule has 1 aliphatic heterocycles. The number of hydrogen-bond donors (Lipinski definition) is 1. The Morgan fingerprint density at radius 3 is 2.33 bits per heavy atom. The molecule has 1 aromatic heterocycles. The van der Waals surface area contributed by atoms with E-state index in [9.17, 15) is 9.90 Å². The average Bonchev–Trinajstić information content (AvgIpc) is 2.81. The molecule has 0 spiro atoms. The maximum Gasteiger partial charge on any atom is 0.328 e. The number of carbonyl (C=O) groups is 1. The first kappa shape index (κ1) is 13.2. The van der Waals surface area contributed by atoms with E-state index in [1.807, 2.05) is 20.8 Å². The van der Waals surface area contributed by atoms with Crippen molar-refractivity contribution in [1.29, 1.82) is 0 Å². The van der Waals surface area contributed by atoms with Crippen LogP contribution >= 0.6 is 11.3 Å². The number of carbonyl (C=O) groups excluding carboxylic acids is 1. The quantitative estimate of drug-likeness (QED) is 0.837. The summed E-state index contributed by atoms with van der Waals surface area (Å²) in [5.74, 6) is 0. The van der Waals surface area contributed by atoms with Crippen molar-refractivity contribution < 1.29 is 9.90 Å². The summed E-state index contributed by atoms with van der Waals surface area (Å²) >= 11 is 1.34. The summed E-state index contributed by atoms with van der Waals surface area (Å²) in [4.78, 5) is 14.8. The molecule has 2 amide bonds. The molecule has 18 heavy (non-hydrogen) atoms. The lowest BCUT2D eigenvalue weighted by molar-refractivity contribution is 0.138. The number of anilines is 1. The third-order valence-corrected chi connectivity index (χ3v) is 4.43. The number of amides is 2. The predicted molar refractivity (Wildman–Crippen MR) is 69.7 cm³/mol. The number of aliphatic hydroxyl groups excluding tert-OH is 1. The number of rotatable bonds is 1. The van der Waals surface area contributed by atoms with E-state index < -0.39 is 6.23 Å². The van der Waals surface area contributed by atoms with Gasteiger partial charge in [0.1, 0.15) is 5.01 Å². The van der Waals surface area contributed by atoms with Crippen LogP contribution in [0.1, 0.15) is 32.7 Å². The van der Waals surface area contributed by atoms with Crippen LogP contribution in [0.15, 0.2) is 0 Å². The number of aromatic nitrogens is 2. The summed E-state index contributed by atoms with van der Waals surface area (Å²) in [5, 5.41) is 19.5. The topological polar surface area (TPSA) is 69.6 Å². The highest BCUT2D eigenvalue weighted by Gasteiger charge is 2.43. The first-order valence-corrected chi connectivity index (χ1v) is 6.63. The Morgan fingerprint density at radius 1 is 1.33 bits per heavy atom. The molecule has 1 saturated heterocycles. The SMILES string of the molecule is C[C@H]1[C@@H](O)N(c2nnc(C(C)(C)C)s2)C(=O)N1C. The lowest BCUT2D eigenvalue weighted by Gasteiger charge is -2.16. The highest BCUT2D eigenvalue weighted by atomic mass is 32.1. The molecule has 1 aliphatic rings. The van der Waals surface area contributed by atoms with Gasteiger partial charge >= 0.3 is 6.03 Å². The van der Waals surface area contributed by atoms with Gasteiger partial charge in [-0.2, -0.15) is 0 Å². The summed E-state index contributed by atoms with van der Waals surface area (Å²) in [5.41, 5.74) is -0.110. The Morgan fingerprint density at radius 2 is 1.94 bits per heavy atom. The number of nitrogens with zero attached hydrogens (tertiary/aromatic N) is 4. The summed E-state index contributed by atoms with van der Waals surface area (Å²) in [7, 11) is 1.67. The van der Waals surface area contributed by atoms with E-state index >= 15 is 0 Å². The largest absolute Gasteiger partial charge is 0.371 e. The van der Waals surface area contributed by atoms with Crippen molar-refractivity contribution in [2.45, 2.75) is 45.4 Å². The van der Waals surface area contributed by atoms with E-state index in [1.54, 1.807) is 14.0 Å². The van der Waals surface area contributed by atoms with Crippen molar-refractivity contribution in [3.05, 3.63) is 5.01 Å². The van der Waals surface area contributed by atoms with Gasteiger partial charge in [-0.25, -0.2) is 9.69 Å². The molecule has 1 fully saturated rings. The molecular formula is C11H18N4O2S. The minimum absolute atomic E-state index is 0.110. The zero-order valence-corrected chi connectivity index (χ0v) is 12.0. The Labute approximate surface area is 110 Å². The molecule has 0 radical (unpaired) electrons. The third-order valence-electron chi connectivity index (χ3n) is 3.08. The molecule has 0 unspecified atom stereocenters. The molecule has 0 saturated carbocycles. The second-order valence-electron chi connectivity index (χ2n) is 5.56. The summed E-state index contributed by atoms with van der Waals surface area (Å²) in [6, 6.07) is -0.494. The van der Waals surface area contributed by atoms with E-state index in [4.69, 9.17) is 0 Å². The van der Waals surface area contributed by atoms with Gasteiger partial charge in [0.15, 0.2) is 6.23 Å². The Hall–Kier alpha value is -1.21. The van der Waals surface area contributed by atoms with Gasteiger partial charge < -0.3 is 10.0 Å². The first-order valence-electron chi connectivity index (χ1n) is 5.81. The minimum atomic E-state index is -0.872. The zero-order chi connectivity index (χ0) is 13.7. The van der Waals surface area contributed by atoms with Crippen molar-refractivity contribution in [2.75, 3.05) is 11.9 Å². The van der Waals surface area contributed by atoms with E-state index in [0.29, 0.717) is 5.13 Å². The Kier molecular flexibility index (Phi) is 3.06. The Balaban J connectivity index is 2.33. The molecule has 0 bridgehead atoms. The predicted octanol–water partition coefficient (Wildman–Crippen LogP) is 1.41. The van der Waals surface area contributed by atoms with Crippen molar-refractivity contribution in [3.63, 3.8) is 0 Å². The van der Waals surface area contributed by atoms with Gasteiger partial charge in [0.05, 0.1) is 6.04 Å². The number of hydrogen-bond acceptors (Lipinski definition) is 5. The second-order valence-corrected chi connectivity index (χ2v) is 6.51.